The van der Waals surface area contributed by atoms with Crippen LogP contribution in [0.15, 0.2) is 48.5 Å². The molecule has 0 bridgehead atoms. The van der Waals surface area contributed by atoms with Gasteiger partial charge in [-0.3, -0.25) is 14.8 Å². The predicted molar refractivity (Wildman–Crippen MR) is 135 cm³/mol. The first kappa shape index (κ1) is 23.7. The van der Waals surface area contributed by atoms with E-state index in [9.17, 15) is 4.79 Å². The number of benzene rings is 2. The molecule has 1 fully saturated rings. The van der Waals surface area contributed by atoms with Crippen LogP contribution in [0.3, 0.4) is 0 Å². The first-order valence-corrected chi connectivity index (χ1v) is 12.5. The molecular formula is C27H31ClN4O3. The second kappa shape index (κ2) is 10.3. The van der Waals surface area contributed by atoms with E-state index in [1.807, 2.05) is 12.1 Å². The molecule has 0 saturated heterocycles. The molecule has 2 heterocycles. The number of carbonyl (C=O) groups excluding carboxylic acids is 1. The van der Waals surface area contributed by atoms with Crippen molar-refractivity contribution in [1.29, 1.82) is 0 Å². The normalized spacial score (nSPS) is 16.4. The number of amides is 1. The zero-order valence-electron chi connectivity index (χ0n) is 20.2. The van der Waals surface area contributed by atoms with Gasteiger partial charge in [0.1, 0.15) is 18.1 Å². The predicted octanol–water partition coefficient (Wildman–Crippen LogP) is 4.76. The summed E-state index contributed by atoms with van der Waals surface area (Å²) in [6, 6.07) is 15.5. The van der Waals surface area contributed by atoms with Crippen LogP contribution in [0.5, 0.6) is 11.5 Å². The van der Waals surface area contributed by atoms with Crippen molar-refractivity contribution in [2.24, 2.45) is 0 Å². The van der Waals surface area contributed by atoms with E-state index in [1.54, 1.807) is 30.0 Å². The summed E-state index contributed by atoms with van der Waals surface area (Å²) < 4.78 is 11.8. The van der Waals surface area contributed by atoms with Gasteiger partial charge in [0.2, 0.25) is 0 Å². The Morgan fingerprint density at radius 3 is 2.91 bits per heavy atom. The van der Waals surface area contributed by atoms with Crippen LogP contribution in [0.4, 0.5) is 0 Å². The summed E-state index contributed by atoms with van der Waals surface area (Å²) in [6.45, 7) is 4.80. The van der Waals surface area contributed by atoms with Gasteiger partial charge in [0.25, 0.3) is 5.91 Å². The lowest BCUT2D eigenvalue weighted by Crippen LogP contribution is -2.41. The molecule has 1 aromatic heterocycles. The number of nitrogens with one attached hydrogen (secondary N) is 1. The first-order valence-electron chi connectivity index (χ1n) is 12.1. The molecule has 184 valence electrons. The van der Waals surface area contributed by atoms with Crippen LogP contribution < -0.4 is 9.47 Å². The Balaban J connectivity index is 1.22. The van der Waals surface area contributed by atoms with E-state index in [0.717, 1.165) is 30.1 Å². The minimum atomic E-state index is -0.626. The molecule has 1 atom stereocenters. The zero-order chi connectivity index (χ0) is 24.4. The van der Waals surface area contributed by atoms with Crippen LogP contribution in [0.2, 0.25) is 5.02 Å². The number of aromatic amines is 1. The summed E-state index contributed by atoms with van der Waals surface area (Å²) in [5.41, 5.74) is 4.51. The highest BCUT2D eigenvalue weighted by molar-refractivity contribution is 6.30. The van der Waals surface area contributed by atoms with Crippen molar-refractivity contribution in [1.82, 2.24) is 20.0 Å². The molecule has 1 amide bonds. The van der Waals surface area contributed by atoms with Gasteiger partial charge in [-0.25, -0.2) is 0 Å². The fourth-order valence-corrected chi connectivity index (χ4v) is 4.67. The second-order valence-electron chi connectivity index (χ2n) is 9.53. The molecule has 8 heteroatoms. The lowest BCUT2D eigenvalue weighted by Gasteiger charge is -2.24. The number of fused-ring (bicyclic) bond motifs is 1. The van der Waals surface area contributed by atoms with Gasteiger partial charge >= 0.3 is 0 Å². The van der Waals surface area contributed by atoms with Gasteiger partial charge in [-0.15, -0.1) is 0 Å². The molecule has 1 N–H and O–H groups in total. The molecule has 5 rings (SSSR count). The second-order valence-corrected chi connectivity index (χ2v) is 9.97. The molecule has 1 unspecified atom stereocenters. The van der Waals surface area contributed by atoms with Crippen LogP contribution >= 0.6 is 11.6 Å². The Hall–Kier alpha value is -3.03. The fraction of sp³-hybridized carbons (Fsp3) is 0.407. The highest BCUT2D eigenvalue weighted by atomic mass is 35.5. The molecule has 35 heavy (non-hydrogen) atoms. The van der Waals surface area contributed by atoms with Crippen LogP contribution in [0.25, 0.3) is 0 Å². The number of nitrogens with zero attached hydrogens (tertiary/aromatic N) is 3. The molecule has 2 aromatic carbocycles. The average Bonchev–Trinajstić information content (AvgIpc) is 3.61. The number of aromatic nitrogens is 2. The number of halogens is 1. The van der Waals surface area contributed by atoms with Crippen molar-refractivity contribution in [3.63, 3.8) is 0 Å². The monoisotopic (exact) mass is 494 g/mol. The number of hydrogen-bond donors (Lipinski definition) is 1. The summed E-state index contributed by atoms with van der Waals surface area (Å²) in [5.74, 6) is 1.99. The van der Waals surface area contributed by atoms with E-state index in [1.165, 1.54) is 24.1 Å². The number of rotatable bonds is 8. The topological polar surface area (TPSA) is 70.7 Å². The molecule has 1 saturated carbocycles. The molecule has 1 aliphatic heterocycles. The van der Waals surface area contributed by atoms with Crippen LogP contribution in [-0.2, 0) is 24.4 Å². The van der Waals surface area contributed by atoms with Crippen molar-refractivity contribution in [3.8, 4) is 11.5 Å². The number of carbonyl (C=O) groups is 1. The Bertz CT molecular complexity index is 1190. The van der Waals surface area contributed by atoms with E-state index in [2.05, 4.69) is 40.3 Å². The Morgan fingerprint density at radius 1 is 1.26 bits per heavy atom. The zero-order valence-corrected chi connectivity index (χ0v) is 20.9. The molecule has 7 nitrogen and oxygen atoms in total. The standard InChI is InChI=1S/C27H31ClN4O3/c1-18(35-24-5-3-4-22(28)13-24)27(33)32-10-11-34-26-9-6-19(12-21(26)16-32)15-31(2)17-23-14-25(30-29-23)20-7-8-20/h3-6,9,12-14,18,20H,7-8,10-11,15-17H2,1-2H3,(H,29,30). The van der Waals surface area contributed by atoms with Gasteiger partial charge < -0.3 is 14.4 Å². The highest BCUT2D eigenvalue weighted by Gasteiger charge is 2.27. The summed E-state index contributed by atoms with van der Waals surface area (Å²) in [7, 11) is 2.10. The first-order chi connectivity index (χ1) is 16.9. The fourth-order valence-electron chi connectivity index (χ4n) is 4.49. The maximum atomic E-state index is 13.2. The van der Waals surface area contributed by atoms with Gasteiger partial charge in [-0.05, 0) is 68.8 Å². The van der Waals surface area contributed by atoms with Crippen molar-refractivity contribution in [2.75, 3.05) is 20.2 Å². The minimum Gasteiger partial charge on any atom is -0.491 e. The summed E-state index contributed by atoms with van der Waals surface area (Å²) in [5, 5.41) is 8.21. The minimum absolute atomic E-state index is 0.0744. The molecular weight excluding hydrogens is 464 g/mol. The SMILES string of the molecule is CC(Oc1cccc(Cl)c1)C(=O)N1CCOc2ccc(CN(C)Cc3cc(C4CC4)n[nH]3)cc2C1. The van der Waals surface area contributed by atoms with E-state index < -0.39 is 6.10 Å². The van der Waals surface area contributed by atoms with Crippen LogP contribution in [-0.4, -0.2) is 52.2 Å². The Morgan fingerprint density at radius 2 is 2.11 bits per heavy atom. The third kappa shape index (κ3) is 5.97. The molecule has 1 aliphatic carbocycles. The van der Waals surface area contributed by atoms with Crippen molar-refractivity contribution >= 4 is 17.5 Å². The van der Waals surface area contributed by atoms with Crippen molar-refractivity contribution < 1.29 is 14.3 Å². The van der Waals surface area contributed by atoms with E-state index >= 15 is 0 Å². The third-order valence-corrected chi connectivity index (χ3v) is 6.65. The lowest BCUT2D eigenvalue weighted by molar-refractivity contribution is -0.138. The van der Waals surface area contributed by atoms with Crippen LogP contribution in [0, 0.1) is 0 Å². The van der Waals surface area contributed by atoms with Gasteiger partial charge in [0.05, 0.1) is 12.2 Å². The van der Waals surface area contributed by atoms with Gasteiger partial charge in [0.15, 0.2) is 6.10 Å². The molecule has 3 aromatic rings. The highest BCUT2D eigenvalue weighted by Crippen LogP contribution is 2.39. The smallest absolute Gasteiger partial charge is 0.263 e. The average molecular weight is 495 g/mol. The maximum absolute atomic E-state index is 13.2. The van der Waals surface area contributed by atoms with Crippen molar-refractivity contribution in [2.45, 2.75) is 51.4 Å². The quantitative estimate of drug-likeness (QED) is 0.489. The van der Waals surface area contributed by atoms with Gasteiger partial charge in [-0.2, -0.15) is 5.10 Å². The summed E-state index contributed by atoms with van der Waals surface area (Å²) in [6.07, 6.45) is 1.88. The number of ether oxygens (including phenoxy) is 2. The largest absolute Gasteiger partial charge is 0.491 e. The molecule has 0 radical (unpaired) electrons. The summed E-state index contributed by atoms with van der Waals surface area (Å²) >= 11 is 6.05. The number of hydrogen-bond acceptors (Lipinski definition) is 5. The lowest BCUT2D eigenvalue weighted by atomic mass is 10.1. The molecule has 0 spiro atoms. The van der Waals surface area contributed by atoms with E-state index in [0.29, 0.717) is 36.4 Å². The van der Waals surface area contributed by atoms with Crippen LogP contribution in [0.1, 0.15) is 48.2 Å². The Labute approximate surface area is 211 Å². The Kier molecular flexibility index (Phi) is 6.97. The maximum Gasteiger partial charge on any atom is 0.263 e. The van der Waals surface area contributed by atoms with Gasteiger partial charge in [0, 0.05) is 41.8 Å². The number of H-pyrrole nitrogens is 1. The van der Waals surface area contributed by atoms with E-state index in [-0.39, 0.29) is 5.91 Å². The van der Waals surface area contributed by atoms with E-state index in [4.69, 9.17) is 21.1 Å². The summed E-state index contributed by atoms with van der Waals surface area (Å²) in [4.78, 5) is 17.2. The molecule has 2 aliphatic rings. The third-order valence-electron chi connectivity index (χ3n) is 6.41. The van der Waals surface area contributed by atoms with Gasteiger partial charge in [-0.1, -0.05) is 23.7 Å². The van der Waals surface area contributed by atoms with Crippen molar-refractivity contribution in [3.05, 3.63) is 76.1 Å².